The number of hydrogen-bond acceptors (Lipinski definition) is 5. The SMILES string of the molecule is CCn1c(N2CC3CN(C(=O)c4c(C)noc4C)CC3C2)nc2ccccc21. The van der Waals surface area contributed by atoms with Gasteiger partial charge in [-0.1, -0.05) is 17.3 Å². The Morgan fingerprint density at radius 1 is 1.14 bits per heavy atom. The molecule has 0 spiro atoms. The van der Waals surface area contributed by atoms with Crippen molar-refractivity contribution >= 4 is 22.9 Å². The summed E-state index contributed by atoms with van der Waals surface area (Å²) in [5.41, 5.74) is 3.54. The molecule has 2 aromatic heterocycles. The van der Waals surface area contributed by atoms with Gasteiger partial charge in [0.05, 0.1) is 16.7 Å². The third-order valence-corrected chi connectivity index (χ3v) is 6.25. The van der Waals surface area contributed by atoms with E-state index in [2.05, 4.69) is 39.7 Å². The number of aromatic nitrogens is 3. The van der Waals surface area contributed by atoms with Crippen LogP contribution in [0.1, 0.15) is 28.7 Å². The lowest BCUT2D eigenvalue weighted by molar-refractivity contribution is 0.0780. The third kappa shape index (κ3) is 2.52. The number of carbonyl (C=O) groups is 1. The molecule has 2 fully saturated rings. The number of fused-ring (bicyclic) bond motifs is 2. The molecule has 2 atom stereocenters. The van der Waals surface area contributed by atoms with Crippen molar-refractivity contribution in [2.45, 2.75) is 27.3 Å². The number of benzene rings is 1. The summed E-state index contributed by atoms with van der Waals surface area (Å²) < 4.78 is 7.48. The summed E-state index contributed by atoms with van der Waals surface area (Å²) in [5, 5.41) is 3.93. The minimum Gasteiger partial charge on any atom is -0.361 e. The first-order chi connectivity index (χ1) is 13.6. The van der Waals surface area contributed by atoms with Crippen molar-refractivity contribution < 1.29 is 9.32 Å². The van der Waals surface area contributed by atoms with E-state index in [0.29, 0.717) is 28.9 Å². The van der Waals surface area contributed by atoms with Crippen LogP contribution in [-0.2, 0) is 6.54 Å². The molecule has 0 aliphatic carbocycles. The molecule has 7 nitrogen and oxygen atoms in total. The van der Waals surface area contributed by atoms with Crippen molar-refractivity contribution in [3.8, 4) is 0 Å². The van der Waals surface area contributed by atoms with Crippen LogP contribution in [-0.4, -0.2) is 51.7 Å². The first-order valence-corrected chi connectivity index (χ1v) is 9.99. The number of imidazole rings is 1. The van der Waals surface area contributed by atoms with Crippen LogP contribution in [0.3, 0.4) is 0 Å². The second-order valence-electron chi connectivity index (χ2n) is 7.98. The molecule has 28 heavy (non-hydrogen) atoms. The van der Waals surface area contributed by atoms with Gasteiger partial charge in [-0.2, -0.15) is 0 Å². The van der Waals surface area contributed by atoms with Gasteiger partial charge in [-0.25, -0.2) is 4.98 Å². The second-order valence-corrected chi connectivity index (χ2v) is 7.98. The number of hydrogen-bond donors (Lipinski definition) is 0. The van der Waals surface area contributed by atoms with E-state index in [1.165, 1.54) is 5.52 Å². The van der Waals surface area contributed by atoms with E-state index in [4.69, 9.17) is 9.51 Å². The second kappa shape index (κ2) is 6.36. The molecule has 3 aromatic rings. The smallest absolute Gasteiger partial charge is 0.259 e. The molecule has 2 unspecified atom stereocenters. The van der Waals surface area contributed by atoms with Crippen LogP contribution in [0, 0.1) is 25.7 Å². The maximum atomic E-state index is 12.9. The maximum absolute atomic E-state index is 12.9. The number of likely N-dealkylation sites (tertiary alicyclic amines) is 1. The molecule has 1 amide bonds. The number of amides is 1. The van der Waals surface area contributed by atoms with E-state index in [1.54, 1.807) is 6.92 Å². The van der Waals surface area contributed by atoms with Gasteiger partial charge >= 0.3 is 0 Å². The Hall–Kier alpha value is -2.83. The van der Waals surface area contributed by atoms with Crippen molar-refractivity contribution in [1.29, 1.82) is 0 Å². The minimum absolute atomic E-state index is 0.0537. The summed E-state index contributed by atoms with van der Waals surface area (Å²) in [6.07, 6.45) is 0. The monoisotopic (exact) mass is 379 g/mol. The molecule has 0 saturated carbocycles. The predicted molar refractivity (Wildman–Crippen MR) is 106 cm³/mol. The molecule has 2 aliphatic rings. The zero-order chi connectivity index (χ0) is 19.4. The van der Waals surface area contributed by atoms with Crippen LogP contribution in [0.15, 0.2) is 28.8 Å². The van der Waals surface area contributed by atoms with Gasteiger partial charge < -0.3 is 18.9 Å². The zero-order valence-corrected chi connectivity index (χ0v) is 16.6. The molecule has 5 rings (SSSR count). The Kier molecular flexibility index (Phi) is 3.92. The number of carbonyl (C=O) groups excluding carboxylic acids is 1. The summed E-state index contributed by atoms with van der Waals surface area (Å²) >= 11 is 0. The standard InChI is InChI=1S/C21H25N5O2/c1-4-26-18-8-6-5-7-17(18)22-21(26)25-11-15-9-24(10-16(15)12-25)20(27)19-13(2)23-28-14(19)3/h5-8,15-16H,4,9-12H2,1-3H3. The molecule has 146 valence electrons. The highest BCUT2D eigenvalue weighted by molar-refractivity contribution is 5.96. The molecule has 2 saturated heterocycles. The molecule has 0 radical (unpaired) electrons. The largest absolute Gasteiger partial charge is 0.361 e. The summed E-state index contributed by atoms with van der Waals surface area (Å²) in [4.78, 5) is 22.2. The van der Waals surface area contributed by atoms with Gasteiger partial charge in [0.1, 0.15) is 11.3 Å². The Labute approximate surface area is 163 Å². The normalized spacial score (nSPS) is 21.7. The van der Waals surface area contributed by atoms with Crippen molar-refractivity contribution in [3.05, 3.63) is 41.3 Å². The van der Waals surface area contributed by atoms with Crippen molar-refractivity contribution in [2.24, 2.45) is 11.8 Å². The Balaban J connectivity index is 1.35. The van der Waals surface area contributed by atoms with Crippen molar-refractivity contribution in [1.82, 2.24) is 19.6 Å². The molecule has 7 heteroatoms. The summed E-state index contributed by atoms with van der Waals surface area (Å²) in [7, 11) is 0. The zero-order valence-electron chi connectivity index (χ0n) is 16.6. The average Bonchev–Trinajstić information content (AvgIpc) is 3.41. The van der Waals surface area contributed by atoms with Crippen molar-refractivity contribution in [2.75, 3.05) is 31.1 Å². The van der Waals surface area contributed by atoms with E-state index in [-0.39, 0.29) is 5.91 Å². The van der Waals surface area contributed by atoms with Crippen LogP contribution >= 0.6 is 0 Å². The number of aryl methyl sites for hydroxylation is 3. The third-order valence-electron chi connectivity index (χ3n) is 6.25. The quantitative estimate of drug-likeness (QED) is 0.700. The number of para-hydroxylation sites is 2. The van der Waals surface area contributed by atoms with E-state index >= 15 is 0 Å². The molecule has 0 bridgehead atoms. The van der Waals surface area contributed by atoms with E-state index in [1.807, 2.05) is 17.9 Å². The number of anilines is 1. The lowest BCUT2D eigenvalue weighted by atomic mass is 10.0. The van der Waals surface area contributed by atoms with Gasteiger partial charge in [-0.05, 0) is 32.9 Å². The maximum Gasteiger partial charge on any atom is 0.259 e. The van der Waals surface area contributed by atoms with Gasteiger partial charge in [0, 0.05) is 44.6 Å². The predicted octanol–water partition coefficient (Wildman–Crippen LogP) is 2.87. The summed E-state index contributed by atoms with van der Waals surface area (Å²) in [6, 6.07) is 8.31. The highest BCUT2D eigenvalue weighted by atomic mass is 16.5. The Bertz CT molecular complexity index is 1020. The van der Waals surface area contributed by atoms with Crippen LogP contribution < -0.4 is 4.90 Å². The van der Waals surface area contributed by atoms with Crippen LogP contribution in [0.2, 0.25) is 0 Å². The first-order valence-electron chi connectivity index (χ1n) is 9.99. The Morgan fingerprint density at radius 2 is 1.86 bits per heavy atom. The van der Waals surface area contributed by atoms with E-state index in [9.17, 15) is 4.79 Å². The van der Waals surface area contributed by atoms with Gasteiger partial charge in [-0.3, -0.25) is 4.79 Å². The van der Waals surface area contributed by atoms with Crippen LogP contribution in [0.25, 0.3) is 11.0 Å². The van der Waals surface area contributed by atoms with E-state index < -0.39 is 0 Å². The molecular formula is C21H25N5O2. The fourth-order valence-corrected chi connectivity index (χ4v) is 4.88. The first kappa shape index (κ1) is 17.3. The fourth-order valence-electron chi connectivity index (χ4n) is 4.88. The van der Waals surface area contributed by atoms with E-state index in [0.717, 1.165) is 44.2 Å². The number of rotatable bonds is 3. The summed E-state index contributed by atoms with van der Waals surface area (Å²) in [6.45, 7) is 10.2. The lowest BCUT2D eigenvalue weighted by Gasteiger charge is -2.23. The molecule has 2 aliphatic heterocycles. The van der Waals surface area contributed by atoms with Gasteiger partial charge in [0.25, 0.3) is 5.91 Å². The molecule has 4 heterocycles. The highest BCUT2D eigenvalue weighted by Gasteiger charge is 2.43. The van der Waals surface area contributed by atoms with Gasteiger partial charge in [-0.15, -0.1) is 0 Å². The average molecular weight is 379 g/mol. The van der Waals surface area contributed by atoms with Gasteiger partial charge in [0.15, 0.2) is 0 Å². The van der Waals surface area contributed by atoms with Crippen molar-refractivity contribution in [3.63, 3.8) is 0 Å². The lowest BCUT2D eigenvalue weighted by Crippen LogP contribution is -2.34. The topological polar surface area (TPSA) is 67.4 Å². The molecule has 1 aromatic carbocycles. The van der Waals surface area contributed by atoms with Crippen LogP contribution in [0.4, 0.5) is 5.95 Å². The Morgan fingerprint density at radius 3 is 2.50 bits per heavy atom. The highest BCUT2D eigenvalue weighted by Crippen LogP contribution is 2.35. The molecule has 0 N–H and O–H groups in total. The number of nitrogens with zero attached hydrogens (tertiary/aromatic N) is 5. The van der Waals surface area contributed by atoms with Crippen LogP contribution in [0.5, 0.6) is 0 Å². The summed E-state index contributed by atoms with van der Waals surface area (Å²) in [5.74, 6) is 2.68. The fraction of sp³-hybridized carbons (Fsp3) is 0.476. The minimum atomic E-state index is 0.0537. The van der Waals surface area contributed by atoms with Gasteiger partial charge in [0.2, 0.25) is 5.95 Å². The molecular weight excluding hydrogens is 354 g/mol.